The normalized spacial score (nSPS) is 24.2. The van der Waals surface area contributed by atoms with Crippen molar-refractivity contribution in [2.45, 2.75) is 53.4 Å². The molecule has 0 aromatic heterocycles. The molecule has 0 radical (unpaired) electrons. The van der Waals surface area contributed by atoms with Crippen molar-refractivity contribution in [2.75, 3.05) is 0 Å². The predicted octanol–water partition coefficient (Wildman–Crippen LogP) is 4.54. The molecule has 1 aliphatic carbocycles. The van der Waals surface area contributed by atoms with Crippen molar-refractivity contribution >= 4 is 5.78 Å². The molecule has 0 amide bonds. The Labute approximate surface area is 101 Å². The van der Waals surface area contributed by atoms with E-state index in [1.165, 1.54) is 24.8 Å². The summed E-state index contributed by atoms with van der Waals surface area (Å²) in [6.45, 7) is 11.8. The van der Waals surface area contributed by atoms with E-state index in [1.54, 1.807) is 6.08 Å². The van der Waals surface area contributed by atoms with Gasteiger partial charge in [-0.1, -0.05) is 38.3 Å². The lowest BCUT2D eigenvalue weighted by Gasteiger charge is -2.27. The Bertz CT molecular complexity index is 250. The second kappa shape index (κ2) is 8.32. The summed E-state index contributed by atoms with van der Waals surface area (Å²) in [4.78, 5) is 11.2. The standard InChI is InChI=1S/C12H20O.C3H6/c1-4-5-6-12-9(2)7-11(13)8-10(12)3;1-3-2/h7,10,12H,4-6,8H2,1-3H3;3H,1H2,2H3. The van der Waals surface area contributed by atoms with Crippen LogP contribution in [-0.2, 0) is 4.79 Å². The molecule has 0 saturated carbocycles. The van der Waals surface area contributed by atoms with Gasteiger partial charge in [0.2, 0.25) is 0 Å². The zero-order valence-electron chi connectivity index (χ0n) is 11.3. The van der Waals surface area contributed by atoms with Gasteiger partial charge in [-0.3, -0.25) is 4.79 Å². The van der Waals surface area contributed by atoms with Crippen molar-refractivity contribution < 1.29 is 4.79 Å². The molecule has 0 N–H and O–H groups in total. The van der Waals surface area contributed by atoms with Gasteiger partial charge in [0.1, 0.15) is 0 Å². The minimum atomic E-state index is 0.317. The van der Waals surface area contributed by atoms with Gasteiger partial charge >= 0.3 is 0 Å². The second-order valence-electron chi connectivity index (χ2n) is 4.69. The number of carbonyl (C=O) groups excluding carboxylic acids is 1. The average molecular weight is 222 g/mol. The lowest BCUT2D eigenvalue weighted by atomic mass is 9.77. The Hall–Kier alpha value is -0.850. The van der Waals surface area contributed by atoms with Crippen LogP contribution in [-0.4, -0.2) is 5.78 Å². The van der Waals surface area contributed by atoms with Crippen molar-refractivity contribution in [1.29, 1.82) is 0 Å². The summed E-state index contributed by atoms with van der Waals surface area (Å²) in [6, 6.07) is 0. The number of ketones is 1. The fraction of sp³-hybridized carbons (Fsp3) is 0.667. The van der Waals surface area contributed by atoms with Crippen LogP contribution in [0.15, 0.2) is 24.3 Å². The summed E-state index contributed by atoms with van der Waals surface area (Å²) >= 11 is 0. The Morgan fingerprint density at radius 3 is 2.56 bits per heavy atom. The van der Waals surface area contributed by atoms with Gasteiger partial charge in [0.25, 0.3) is 0 Å². The molecule has 0 fully saturated rings. The van der Waals surface area contributed by atoms with Gasteiger partial charge in [-0.25, -0.2) is 0 Å². The highest BCUT2D eigenvalue weighted by Crippen LogP contribution is 2.32. The van der Waals surface area contributed by atoms with Gasteiger partial charge < -0.3 is 0 Å². The summed E-state index contributed by atoms with van der Waals surface area (Å²) in [5.41, 5.74) is 1.30. The van der Waals surface area contributed by atoms with Crippen LogP contribution in [0.4, 0.5) is 0 Å². The number of allylic oxidation sites excluding steroid dienone is 3. The highest BCUT2D eigenvalue weighted by molar-refractivity contribution is 5.91. The highest BCUT2D eigenvalue weighted by Gasteiger charge is 2.24. The molecule has 0 saturated heterocycles. The summed E-state index contributed by atoms with van der Waals surface area (Å²) in [5.74, 6) is 1.54. The van der Waals surface area contributed by atoms with Crippen molar-refractivity contribution in [3.63, 3.8) is 0 Å². The largest absolute Gasteiger partial charge is 0.295 e. The summed E-state index contributed by atoms with van der Waals surface area (Å²) < 4.78 is 0. The molecule has 1 nitrogen and oxygen atoms in total. The maximum atomic E-state index is 11.2. The van der Waals surface area contributed by atoms with E-state index >= 15 is 0 Å². The molecule has 0 aromatic rings. The average Bonchev–Trinajstić information content (AvgIpc) is 2.17. The van der Waals surface area contributed by atoms with Crippen LogP contribution in [0.2, 0.25) is 0 Å². The smallest absolute Gasteiger partial charge is 0.155 e. The zero-order valence-corrected chi connectivity index (χ0v) is 11.3. The molecular formula is C15H26O. The number of hydrogen-bond acceptors (Lipinski definition) is 1. The third-order valence-electron chi connectivity index (χ3n) is 3.05. The second-order valence-corrected chi connectivity index (χ2v) is 4.69. The quantitative estimate of drug-likeness (QED) is 0.641. The maximum absolute atomic E-state index is 11.2. The van der Waals surface area contributed by atoms with Gasteiger partial charge in [0, 0.05) is 6.42 Å². The van der Waals surface area contributed by atoms with Crippen LogP contribution in [0.5, 0.6) is 0 Å². The Morgan fingerprint density at radius 2 is 2.12 bits per heavy atom. The maximum Gasteiger partial charge on any atom is 0.155 e. The van der Waals surface area contributed by atoms with E-state index < -0.39 is 0 Å². The third-order valence-corrected chi connectivity index (χ3v) is 3.05. The van der Waals surface area contributed by atoms with E-state index in [9.17, 15) is 4.79 Å². The van der Waals surface area contributed by atoms with E-state index in [-0.39, 0.29) is 0 Å². The molecule has 0 bridgehead atoms. The Balaban J connectivity index is 0.000000673. The molecule has 1 rings (SSSR count). The molecule has 1 aliphatic rings. The molecule has 16 heavy (non-hydrogen) atoms. The molecule has 0 heterocycles. The molecule has 0 spiro atoms. The topological polar surface area (TPSA) is 17.1 Å². The summed E-state index contributed by atoms with van der Waals surface area (Å²) in [5, 5.41) is 0. The van der Waals surface area contributed by atoms with Crippen molar-refractivity contribution in [1.82, 2.24) is 0 Å². The van der Waals surface area contributed by atoms with Crippen LogP contribution in [0.25, 0.3) is 0 Å². The van der Waals surface area contributed by atoms with Crippen molar-refractivity contribution in [3.05, 3.63) is 24.3 Å². The van der Waals surface area contributed by atoms with E-state index in [0.29, 0.717) is 17.6 Å². The van der Waals surface area contributed by atoms with Crippen LogP contribution in [0.3, 0.4) is 0 Å². The molecule has 92 valence electrons. The van der Waals surface area contributed by atoms with E-state index in [2.05, 4.69) is 27.4 Å². The van der Waals surface area contributed by atoms with Gasteiger partial charge in [-0.2, -0.15) is 0 Å². The lowest BCUT2D eigenvalue weighted by molar-refractivity contribution is -0.116. The molecule has 0 aromatic carbocycles. The van der Waals surface area contributed by atoms with E-state index in [1.807, 2.05) is 13.0 Å². The summed E-state index contributed by atoms with van der Waals surface area (Å²) in [7, 11) is 0. The third kappa shape index (κ3) is 5.29. The van der Waals surface area contributed by atoms with Crippen molar-refractivity contribution in [2.24, 2.45) is 11.8 Å². The summed E-state index contributed by atoms with van der Waals surface area (Å²) in [6.07, 6.45) is 8.15. The van der Waals surface area contributed by atoms with E-state index in [0.717, 1.165) is 6.42 Å². The Kier molecular flexibility index (Phi) is 7.88. The molecule has 0 aliphatic heterocycles. The van der Waals surface area contributed by atoms with Crippen molar-refractivity contribution in [3.8, 4) is 0 Å². The predicted molar refractivity (Wildman–Crippen MR) is 71.4 cm³/mol. The SMILES string of the molecule is C=CC.CCCCC1C(C)=CC(=O)CC1C. The zero-order chi connectivity index (χ0) is 12.6. The lowest BCUT2D eigenvalue weighted by Crippen LogP contribution is -2.21. The molecule has 2 unspecified atom stereocenters. The van der Waals surface area contributed by atoms with Crippen LogP contribution >= 0.6 is 0 Å². The van der Waals surface area contributed by atoms with Gasteiger partial charge in [-0.15, -0.1) is 6.58 Å². The fourth-order valence-electron chi connectivity index (χ4n) is 2.26. The van der Waals surface area contributed by atoms with Gasteiger partial charge in [0.15, 0.2) is 5.78 Å². The first-order valence-electron chi connectivity index (χ1n) is 6.34. The number of carbonyl (C=O) groups is 1. The fourth-order valence-corrected chi connectivity index (χ4v) is 2.26. The highest BCUT2D eigenvalue weighted by atomic mass is 16.1. The molecular weight excluding hydrogens is 196 g/mol. The minimum Gasteiger partial charge on any atom is -0.295 e. The molecule has 2 atom stereocenters. The monoisotopic (exact) mass is 222 g/mol. The number of hydrogen-bond donors (Lipinski definition) is 0. The minimum absolute atomic E-state index is 0.317. The van der Waals surface area contributed by atoms with Crippen LogP contribution < -0.4 is 0 Å². The van der Waals surface area contributed by atoms with Crippen LogP contribution in [0, 0.1) is 11.8 Å². The van der Waals surface area contributed by atoms with Gasteiger partial charge in [-0.05, 0) is 38.2 Å². The van der Waals surface area contributed by atoms with E-state index in [4.69, 9.17) is 0 Å². The Morgan fingerprint density at radius 1 is 1.56 bits per heavy atom. The number of unbranched alkanes of at least 4 members (excludes halogenated alkanes) is 1. The van der Waals surface area contributed by atoms with Gasteiger partial charge in [0.05, 0.1) is 0 Å². The van der Waals surface area contributed by atoms with Crippen LogP contribution in [0.1, 0.15) is 53.4 Å². The first-order valence-corrected chi connectivity index (χ1v) is 6.34. The first-order chi connectivity index (χ1) is 7.56. The first kappa shape index (κ1) is 15.2. The number of rotatable bonds is 3. The molecule has 1 heteroatoms.